The molecule has 0 N–H and O–H groups in total. The summed E-state index contributed by atoms with van der Waals surface area (Å²) in [4.78, 5) is 16.7. The lowest BCUT2D eigenvalue weighted by molar-refractivity contribution is -0.143. The summed E-state index contributed by atoms with van der Waals surface area (Å²) in [6.07, 6.45) is -0.664. The summed E-state index contributed by atoms with van der Waals surface area (Å²) in [5, 5.41) is 1.70. The smallest absolute Gasteiger partial charge is 0.305 e. The normalized spacial score (nSPS) is 17.3. The molecular weight excluding hydrogens is 368 g/mol. The van der Waals surface area contributed by atoms with Gasteiger partial charge in [0.05, 0.1) is 11.9 Å². The summed E-state index contributed by atoms with van der Waals surface area (Å²) < 4.78 is 59.3. The Morgan fingerprint density at radius 1 is 1.35 bits per heavy atom. The fourth-order valence-electron chi connectivity index (χ4n) is 2.68. The van der Waals surface area contributed by atoms with Crippen LogP contribution < -0.4 is 0 Å². The molecule has 0 saturated carbocycles. The van der Waals surface area contributed by atoms with Crippen LogP contribution in [-0.2, 0) is 24.2 Å². The van der Waals surface area contributed by atoms with Crippen LogP contribution in [0.4, 0.5) is 8.78 Å². The molecule has 144 valence electrons. The van der Waals surface area contributed by atoms with Crippen LogP contribution in [-0.4, -0.2) is 31.6 Å². The molecule has 0 amide bonds. The van der Waals surface area contributed by atoms with Crippen LogP contribution in [0.25, 0.3) is 0 Å². The average Bonchev–Trinajstić information content (AvgIpc) is 2.91. The van der Waals surface area contributed by atoms with Gasteiger partial charge in [-0.1, -0.05) is 11.2 Å². The maximum absolute atomic E-state index is 14.3. The largest absolute Gasteiger partial charge is 0.466 e. The molecule has 2 rings (SSSR count). The van der Waals surface area contributed by atoms with E-state index in [-0.39, 0.29) is 30.9 Å². The number of nitrogens with zero attached hydrogens (tertiary/aromatic N) is 1. The molecular formula is C17H21F2NO5S. The molecule has 0 aliphatic carbocycles. The first-order chi connectivity index (χ1) is 12.1. The highest BCUT2D eigenvalue weighted by Crippen LogP contribution is 2.36. The van der Waals surface area contributed by atoms with Gasteiger partial charge in [0.2, 0.25) is 9.84 Å². The topological polar surface area (TPSA) is 82.0 Å². The molecule has 1 aromatic carbocycles. The van der Waals surface area contributed by atoms with Crippen LogP contribution in [0.2, 0.25) is 0 Å². The van der Waals surface area contributed by atoms with Crippen LogP contribution in [0.1, 0.15) is 50.8 Å². The minimum absolute atomic E-state index is 0.0265. The van der Waals surface area contributed by atoms with Gasteiger partial charge in [-0.05, 0) is 39.3 Å². The molecule has 9 heteroatoms. The molecule has 0 saturated heterocycles. The maximum atomic E-state index is 14.3. The monoisotopic (exact) mass is 389 g/mol. The molecule has 1 aromatic rings. The van der Waals surface area contributed by atoms with Crippen molar-refractivity contribution < 1.29 is 31.6 Å². The lowest BCUT2D eigenvalue weighted by atomic mass is 10.1. The van der Waals surface area contributed by atoms with Crippen LogP contribution in [0.5, 0.6) is 0 Å². The zero-order valence-corrected chi connectivity index (χ0v) is 15.6. The quantitative estimate of drug-likeness (QED) is 0.698. The Morgan fingerprint density at radius 3 is 2.46 bits per heavy atom. The molecule has 1 heterocycles. The fourth-order valence-corrected chi connectivity index (χ4v) is 4.66. The summed E-state index contributed by atoms with van der Waals surface area (Å²) in [5.41, 5.74) is -1.44. The van der Waals surface area contributed by atoms with E-state index in [4.69, 9.17) is 9.57 Å². The van der Waals surface area contributed by atoms with Gasteiger partial charge in [0, 0.05) is 18.4 Å². The van der Waals surface area contributed by atoms with E-state index in [9.17, 15) is 22.0 Å². The highest BCUT2D eigenvalue weighted by atomic mass is 32.2. The number of benzene rings is 1. The van der Waals surface area contributed by atoms with E-state index in [1.807, 2.05) is 0 Å². The number of carbonyl (C=O) groups excluding carboxylic acids is 1. The molecule has 1 atom stereocenters. The van der Waals surface area contributed by atoms with Gasteiger partial charge in [-0.3, -0.25) is 4.79 Å². The molecule has 0 aromatic heterocycles. The number of sulfone groups is 1. The molecule has 1 unspecified atom stereocenters. The standard InChI is InChI=1S/C17H21F2NO5S/c1-4-24-15(21)9-8-13(16-11(18)6-5-7-12(16)19)26(22,23)14-10-17(2,3)25-20-14/h5-7,13H,4,8-10H2,1-3H3. The summed E-state index contributed by atoms with van der Waals surface area (Å²) in [5.74, 6) is -2.64. The number of halogens is 2. The molecule has 1 aliphatic heterocycles. The van der Waals surface area contributed by atoms with Crippen molar-refractivity contribution >= 4 is 20.9 Å². The summed E-state index contributed by atoms with van der Waals surface area (Å²) >= 11 is 0. The highest BCUT2D eigenvalue weighted by molar-refractivity contribution is 8.06. The number of rotatable bonds is 6. The SMILES string of the molecule is CCOC(=O)CCC(c1c(F)cccc1F)S(=O)(=O)C1=NOC(C)(C)C1. The fraction of sp³-hybridized carbons (Fsp3) is 0.529. The summed E-state index contributed by atoms with van der Waals surface area (Å²) in [7, 11) is -4.24. The van der Waals surface area contributed by atoms with E-state index < -0.39 is 43.9 Å². The molecule has 0 fully saturated rings. The van der Waals surface area contributed by atoms with Crippen molar-refractivity contribution in [1.29, 1.82) is 0 Å². The third kappa shape index (κ3) is 4.38. The molecule has 0 radical (unpaired) electrons. The number of ether oxygens (including phenoxy) is 1. The van der Waals surface area contributed by atoms with Crippen molar-refractivity contribution in [2.75, 3.05) is 6.61 Å². The van der Waals surface area contributed by atoms with Crippen molar-refractivity contribution in [3.05, 3.63) is 35.4 Å². The lowest BCUT2D eigenvalue weighted by Crippen LogP contribution is -2.27. The Labute approximate surface area is 151 Å². The summed E-state index contributed by atoms with van der Waals surface area (Å²) in [6, 6.07) is 3.09. The predicted octanol–water partition coefficient (Wildman–Crippen LogP) is 3.28. The predicted molar refractivity (Wildman–Crippen MR) is 91.1 cm³/mol. The second-order valence-corrected chi connectivity index (χ2v) is 8.66. The molecule has 1 aliphatic rings. The maximum Gasteiger partial charge on any atom is 0.305 e. The van der Waals surface area contributed by atoms with Crippen molar-refractivity contribution in [1.82, 2.24) is 0 Å². The second kappa shape index (κ2) is 7.69. The molecule has 0 bridgehead atoms. The number of hydrogen-bond donors (Lipinski definition) is 0. The molecule has 26 heavy (non-hydrogen) atoms. The van der Waals surface area contributed by atoms with Crippen LogP contribution in [0, 0.1) is 11.6 Å². The zero-order valence-electron chi connectivity index (χ0n) is 14.8. The van der Waals surface area contributed by atoms with Crippen molar-refractivity contribution in [2.45, 2.75) is 50.9 Å². The van der Waals surface area contributed by atoms with Gasteiger partial charge < -0.3 is 9.57 Å². The van der Waals surface area contributed by atoms with E-state index in [1.165, 1.54) is 0 Å². The molecule has 6 nitrogen and oxygen atoms in total. The molecule has 0 spiro atoms. The van der Waals surface area contributed by atoms with E-state index in [0.29, 0.717) is 0 Å². The van der Waals surface area contributed by atoms with E-state index in [2.05, 4.69) is 5.16 Å². The minimum atomic E-state index is -4.24. The highest BCUT2D eigenvalue weighted by Gasteiger charge is 2.42. The lowest BCUT2D eigenvalue weighted by Gasteiger charge is -2.19. The number of oxime groups is 1. The van der Waals surface area contributed by atoms with Gasteiger partial charge in [-0.15, -0.1) is 0 Å². The first-order valence-electron chi connectivity index (χ1n) is 8.17. The summed E-state index contributed by atoms with van der Waals surface area (Å²) in [6.45, 7) is 5.03. The van der Waals surface area contributed by atoms with Gasteiger partial charge >= 0.3 is 5.97 Å². The Kier molecular flexibility index (Phi) is 6.00. The van der Waals surface area contributed by atoms with Crippen LogP contribution >= 0.6 is 0 Å². The number of carbonyl (C=O) groups is 1. The van der Waals surface area contributed by atoms with E-state index >= 15 is 0 Å². The van der Waals surface area contributed by atoms with E-state index in [1.54, 1.807) is 20.8 Å². The Hall–Kier alpha value is -2.03. The van der Waals surface area contributed by atoms with Crippen molar-refractivity contribution in [3.63, 3.8) is 0 Å². The first-order valence-corrected chi connectivity index (χ1v) is 9.71. The van der Waals surface area contributed by atoms with E-state index in [0.717, 1.165) is 18.2 Å². The third-order valence-corrected chi connectivity index (χ3v) is 6.01. The Balaban J connectivity index is 2.42. The van der Waals surface area contributed by atoms with Crippen LogP contribution in [0.3, 0.4) is 0 Å². The van der Waals surface area contributed by atoms with Gasteiger partial charge in [-0.25, -0.2) is 17.2 Å². The van der Waals surface area contributed by atoms with Crippen molar-refractivity contribution in [3.8, 4) is 0 Å². The Bertz CT molecular complexity index is 800. The number of esters is 1. The zero-order chi connectivity index (χ0) is 19.5. The Morgan fingerprint density at radius 2 is 1.96 bits per heavy atom. The average molecular weight is 389 g/mol. The van der Waals surface area contributed by atoms with Gasteiger partial charge in [-0.2, -0.15) is 0 Å². The van der Waals surface area contributed by atoms with Gasteiger partial charge in [0.1, 0.15) is 17.2 Å². The minimum Gasteiger partial charge on any atom is -0.466 e. The second-order valence-electron chi connectivity index (χ2n) is 6.53. The third-order valence-electron chi connectivity index (χ3n) is 3.91. The van der Waals surface area contributed by atoms with Gasteiger partial charge in [0.25, 0.3) is 0 Å². The van der Waals surface area contributed by atoms with Gasteiger partial charge in [0.15, 0.2) is 5.04 Å². The first kappa shape index (κ1) is 20.3. The van der Waals surface area contributed by atoms with Crippen molar-refractivity contribution in [2.24, 2.45) is 5.16 Å². The van der Waals surface area contributed by atoms with Crippen LogP contribution in [0.15, 0.2) is 23.4 Å². The number of hydrogen-bond acceptors (Lipinski definition) is 6.